The molecule has 0 bridgehead atoms. The summed E-state index contributed by atoms with van der Waals surface area (Å²) in [6.45, 7) is 3.87. The Morgan fingerprint density at radius 1 is 0.750 bits per heavy atom. The standard InChI is InChI=1S/C20H15Br2NO/c1-11-7-15(8-12(2)20(11)24)23-18-5-3-13(21)9-16(18)17-10-14(22)4-6-19(17)23/h3-10,24H,1-2H3. The Hall–Kier alpha value is -1.78. The molecule has 0 aliphatic carbocycles. The fourth-order valence-corrected chi connectivity index (χ4v) is 4.03. The normalized spacial score (nSPS) is 11.5. The van der Waals surface area contributed by atoms with Crippen LogP contribution in [-0.4, -0.2) is 9.67 Å². The number of hydrogen-bond acceptors (Lipinski definition) is 1. The van der Waals surface area contributed by atoms with Gasteiger partial charge in [0.15, 0.2) is 0 Å². The molecule has 24 heavy (non-hydrogen) atoms. The van der Waals surface area contributed by atoms with Crippen LogP contribution < -0.4 is 0 Å². The summed E-state index contributed by atoms with van der Waals surface area (Å²) >= 11 is 7.16. The lowest BCUT2D eigenvalue weighted by Gasteiger charge is -2.12. The molecule has 0 radical (unpaired) electrons. The minimum absolute atomic E-state index is 0.366. The van der Waals surface area contributed by atoms with Crippen LogP contribution >= 0.6 is 31.9 Å². The number of benzene rings is 3. The zero-order chi connectivity index (χ0) is 17.0. The Kier molecular flexibility index (Phi) is 3.70. The summed E-state index contributed by atoms with van der Waals surface area (Å²) in [6.07, 6.45) is 0. The summed E-state index contributed by atoms with van der Waals surface area (Å²) in [5.41, 5.74) is 5.13. The van der Waals surface area contributed by atoms with Crippen LogP contribution in [0.25, 0.3) is 27.5 Å². The molecule has 1 heterocycles. The lowest BCUT2D eigenvalue weighted by Crippen LogP contribution is -1.96. The van der Waals surface area contributed by atoms with Gasteiger partial charge in [0.1, 0.15) is 5.75 Å². The molecule has 4 heteroatoms. The monoisotopic (exact) mass is 443 g/mol. The van der Waals surface area contributed by atoms with Gasteiger partial charge in [-0.15, -0.1) is 0 Å². The number of rotatable bonds is 1. The Morgan fingerprint density at radius 3 is 1.67 bits per heavy atom. The third-order valence-corrected chi connectivity index (χ3v) is 5.41. The van der Waals surface area contributed by atoms with E-state index in [2.05, 4.69) is 72.8 Å². The van der Waals surface area contributed by atoms with E-state index in [9.17, 15) is 5.11 Å². The number of nitrogens with zero attached hydrogens (tertiary/aromatic N) is 1. The number of fused-ring (bicyclic) bond motifs is 3. The zero-order valence-electron chi connectivity index (χ0n) is 13.3. The highest BCUT2D eigenvalue weighted by Gasteiger charge is 2.14. The molecule has 0 unspecified atom stereocenters. The Labute approximate surface area is 157 Å². The van der Waals surface area contributed by atoms with Crippen LogP contribution in [-0.2, 0) is 0 Å². The topological polar surface area (TPSA) is 25.2 Å². The molecule has 4 rings (SSSR count). The van der Waals surface area contributed by atoms with E-state index in [1.54, 1.807) is 0 Å². The molecule has 4 aromatic rings. The van der Waals surface area contributed by atoms with Crippen molar-refractivity contribution in [2.45, 2.75) is 13.8 Å². The molecule has 0 atom stereocenters. The summed E-state index contributed by atoms with van der Waals surface area (Å²) in [4.78, 5) is 0. The van der Waals surface area contributed by atoms with Crippen LogP contribution in [0.3, 0.4) is 0 Å². The maximum atomic E-state index is 10.1. The average molecular weight is 445 g/mol. The minimum Gasteiger partial charge on any atom is -0.507 e. The number of halogens is 2. The van der Waals surface area contributed by atoms with Crippen LogP contribution in [0.4, 0.5) is 0 Å². The molecule has 2 nitrogen and oxygen atoms in total. The van der Waals surface area contributed by atoms with E-state index in [1.165, 1.54) is 10.8 Å². The van der Waals surface area contributed by atoms with Crippen molar-refractivity contribution in [3.05, 3.63) is 68.6 Å². The summed E-state index contributed by atoms with van der Waals surface area (Å²) < 4.78 is 4.38. The lowest BCUT2D eigenvalue weighted by atomic mass is 10.1. The second kappa shape index (κ2) is 5.64. The van der Waals surface area contributed by atoms with E-state index >= 15 is 0 Å². The first-order valence-corrected chi connectivity index (χ1v) is 9.24. The number of aromatic nitrogens is 1. The van der Waals surface area contributed by atoms with E-state index in [0.29, 0.717) is 5.75 Å². The van der Waals surface area contributed by atoms with Crippen LogP contribution in [0.5, 0.6) is 5.75 Å². The molecule has 0 saturated heterocycles. The van der Waals surface area contributed by atoms with Crippen LogP contribution in [0.1, 0.15) is 11.1 Å². The summed E-state index contributed by atoms with van der Waals surface area (Å²) in [5, 5.41) is 12.5. The van der Waals surface area contributed by atoms with E-state index in [0.717, 1.165) is 36.8 Å². The predicted molar refractivity (Wildman–Crippen MR) is 107 cm³/mol. The molecule has 0 fully saturated rings. The van der Waals surface area contributed by atoms with Crippen molar-refractivity contribution in [2.24, 2.45) is 0 Å². The fraction of sp³-hybridized carbons (Fsp3) is 0.100. The SMILES string of the molecule is Cc1cc(-n2c3ccc(Br)cc3c3cc(Br)ccc32)cc(C)c1O. The minimum atomic E-state index is 0.366. The molecule has 1 N–H and O–H groups in total. The van der Waals surface area contributed by atoms with Crippen LogP contribution in [0.15, 0.2) is 57.5 Å². The van der Waals surface area contributed by atoms with Crippen molar-refractivity contribution in [2.75, 3.05) is 0 Å². The summed E-state index contributed by atoms with van der Waals surface area (Å²) in [7, 11) is 0. The molecule has 3 aromatic carbocycles. The van der Waals surface area contributed by atoms with Gasteiger partial charge in [-0.3, -0.25) is 0 Å². The largest absolute Gasteiger partial charge is 0.507 e. The fourth-order valence-electron chi connectivity index (χ4n) is 3.31. The molecular formula is C20H15Br2NO. The van der Waals surface area contributed by atoms with E-state index in [1.807, 2.05) is 26.0 Å². The highest BCUT2D eigenvalue weighted by atomic mass is 79.9. The Morgan fingerprint density at radius 2 is 1.21 bits per heavy atom. The molecule has 0 amide bonds. The van der Waals surface area contributed by atoms with Crippen molar-refractivity contribution in [1.82, 2.24) is 4.57 Å². The van der Waals surface area contributed by atoms with Crippen molar-refractivity contribution in [3.63, 3.8) is 0 Å². The van der Waals surface area contributed by atoms with Gasteiger partial charge in [0, 0.05) is 25.4 Å². The van der Waals surface area contributed by atoms with Gasteiger partial charge in [-0.1, -0.05) is 31.9 Å². The van der Waals surface area contributed by atoms with Crippen molar-refractivity contribution in [3.8, 4) is 11.4 Å². The molecule has 0 saturated carbocycles. The third-order valence-electron chi connectivity index (χ3n) is 4.42. The van der Waals surface area contributed by atoms with Gasteiger partial charge in [0.2, 0.25) is 0 Å². The van der Waals surface area contributed by atoms with Crippen molar-refractivity contribution in [1.29, 1.82) is 0 Å². The van der Waals surface area contributed by atoms with Crippen molar-refractivity contribution >= 4 is 53.7 Å². The molecule has 0 spiro atoms. The first-order valence-electron chi connectivity index (χ1n) is 7.65. The van der Waals surface area contributed by atoms with Gasteiger partial charge in [0.05, 0.1) is 11.0 Å². The number of aryl methyl sites for hydroxylation is 2. The van der Waals surface area contributed by atoms with E-state index in [4.69, 9.17) is 0 Å². The maximum Gasteiger partial charge on any atom is 0.121 e. The van der Waals surface area contributed by atoms with Gasteiger partial charge in [-0.25, -0.2) is 0 Å². The Bertz CT molecular complexity index is 1030. The number of hydrogen-bond donors (Lipinski definition) is 1. The van der Waals surface area contributed by atoms with E-state index < -0.39 is 0 Å². The second-order valence-electron chi connectivity index (χ2n) is 6.09. The lowest BCUT2D eigenvalue weighted by molar-refractivity contribution is 0.467. The quantitative estimate of drug-likeness (QED) is 0.350. The maximum absolute atomic E-state index is 10.1. The molecule has 0 aliphatic rings. The summed E-state index contributed by atoms with van der Waals surface area (Å²) in [6, 6.07) is 16.8. The second-order valence-corrected chi connectivity index (χ2v) is 7.92. The first kappa shape index (κ1) is 15.7. The van der Waals surface area contributed by atoms with Gasteiger partial charge in [-0.2, -0.15) is 0 Å². The highest BCUT2D eigenvalue weighted by Crippen LogP contribution is 2.36. The van der Waals surface area contributed by atoms with E-state index in [-0.39, 0.29) is 0 Å². The molecule has 120 valence electrons. The number of aromatic hydroxyl groups is 1. The van der Waals surface area contributed by atoms with Crippen LogP contribution in [0, 0.1) is 13.8 Å². The summed E-state index contributed by atoms with van der Waals surface area (Å²) in [5.74, 6) is 0.366. The predicted octanol–water partition coefficient (Wildman–Crippen LogP) is 6.63. The average Bonchev–Trinajstić information content (AvgIpc) is 2.85. The van der Waals surface area contributed by atoms with Crippen LogP contribution in [0.2, 0.25) is 0 Å². The Balaban J connectivity index is 2.18. The third kappa shape index (κ3) is 2.36. The van der Waals surface area contributed by atoms with Gasteiger partial charge < -0.3 is 9.67 Å². The van der Waals surface area contributed by atoms with Gasteiger partial charge >= 0.3 is 0 Å². The van der Waals surface area contributed by atoms with Gasteiger partial charge in [0.25, 0.3) is 0 Å². The molecule has 1 aromatic heterocycles. The van der Waals surface area contributed by atoms with Crippen molar-refractivity contribution < 1.29 is 5.11 Å². The first-order chi connectivity index (χ1) is 11.5. The highest BCUT2D eigenvalue weighted by molar-refractivity contribution is 9.10. The molecular weight excluding hydrogens is 430 g/mol. The molecule has 0 aliphatic heterocycles. The smallest absolute Gasteiger partial charge is 0.121 e. The number of phenolic OH excluding ortho intramolecular Hbond substituents is 1. The van der Waals surface area contributed by atoms with Gasteiger partial charge in [-0.05, 0) is 73.5 Å². The zero-order valence-corrected chi connectivity index (χ0v) is 16.4. The number of phenols is 1.